The van der Waals surface area contributed by atoms with Crippen molar-refractivity contribution in [2.24, 2.45) is 0 Å². The van der Waals surface area contributed by atoms with Gasteiger partial charge in [0, 0.05) is 19.9 Å². The van der Waals surface area contributed by atoms with Crippen LogP contribution in [0.2, 0.25) is 0 Å². The molecule has 3 aromatic rings. The van der Waals surface area contributed by atoms with Crippen molar-refractivity contribution in [2.75, 3.05) is 17.2 Å². The minimum Gasteiger partial charge on any atom is -0.383 e. The number of halogens is 4. The summed E-state index contributed by atoms with van der Waals surface area (Å²) in [6, 6.07) is 11.1. The number of hydrogen-bond donors (Lipinski definition) is 2. The highest BCUT2D eigenvalue weighted by molar-refractivity contribution is 14.1. The molecule has 1 aromatic heterocycles. The van der Waals surface area contributed by atoms with Crippen molar-refractivity contribution in [1.29, 1.82) is 0 Å². The van der Waals surface area contributed by atoms with Gasteiger partial charge in [0.25, 0.3) is 0 Å². The van der Waals surface area contributed by atoms with E-state index in [4.69, 9.17) is 0 Å². The van der Waals surface area contributed by atoms with Crippen LogP contribution in [0.1, 0.15) is 9.75 Å². The van der Waals surface area contributed by atoms with Crippen molar-refractivity contribution in [3.8, 4) is 0 Å². The molecule has 0 saturated heterocycles. The second-order valence-corrected chi connectivity index (χ2v) is 8.34. The molecule has 0 bridgehead atoms. The Kier molecular flexibility index (Phi) is 6.08. The average molecular weight is 488 g/mol. The minimum absolute atomic E-state index is 0.0897. The van der Waals surface area contributed by atoms with Crippen molar-refractivity contribution >= 4 is 51.0 Å². The summed E-state index contributed by atoms with van der Waals surface area (Å²) in [4.78, 5) is 2.43. The van der Waals surface area contributed by atoms with Gasteiger partial charge < -0.3 is 10.6 Å². The number of nitrogens with one attached hydrogen (secondary N) is 2. The highest BCUT2D eigenvalue weighted by Gasteiger charge is 2.15. The maximum absolute atomic E-state index is 14.3. The van der Waals surface area contributed by atoms with Gasteiger partial charge in [-0.1, -0.05) is 0 Å². The molecule has 0 radical (unpaired) electrons. The molecule has 136 valence electrons. The van der Waals surface area contributed by atoms with Gasteiger partial charge >= 0.3 is 0 Å². The molecule has 1 heterocycles. The van der Waals surface area contributed by atoms with Crippen LogP contribution < -0.4 is 10.6 Å². The van der Waals surface area contributed by atoms with Crippen LogP contribution in [0.15, 0.2) is 42.5 Å². The van der Waals surface area contributed by atoms with E-state index in [9.17, 15) is 13.2 Å². The standard InChI is InChI=1S/C19H16F3IN2S/c1-11-2-4-13(26-11)8-9-24-17-7-5-14(20)18(22)19(17)25-16-6-3-12(23)10-15(16)21/h2-7,10,24-25H,8-9H2,1H3. The first-order chi connectivity index (χ1) is 12.4. The number of hydrogen-bond acceptors (Lipinski definition) is 3. The Bertz CT molecular complexity index is 927. The summed E-state index contributed by atoms with van der Waals surface area (Å²) in [5.74, 6) is -2.56. The van der Waals surface area contributed by atoms with Crippen LogP contribution in [0.3, 0.4) is 0 Å². The molecule has 2 nitrogen and oxygen atoms in total. The van der Waals surface area contributed by atoms with Crippen molar-refractivity contribution in [2.45, 2.75) is 13.3 Å². The zero-order chi connectivity index (χ0) is 18.7. The number of anilines is 3. The highest BCUT2D eigenvalue weighted by atomic mass is 127. The molecule has 26 heavy (non-hydrogen) atoms. The van der Waals surface area contributed by atoms with Gasteiger partial charge in [-0.05, 0) is 78.4 Å². The van der Waals surface area contributed by atoms with Crippen LogP contribution in [0.25, 0.3) is 0 Å². The van der Waals surface area contributed by atoms with E-state index in [0.717, 1.165) is 16.1 Å². The van der Waals surface area contributed by atoms with E-state index in [0.29, 0.717) is 12.2 Å². The lowest BCUT2D eigenvalue weighted by Crippen LogP contribution is -2.09. The molecular weight excluding hydrogens is 472 g/mol. The molecule has 0 aliphatic rings. The summed E-state index contributed by atoms with van der Waals surface area (Å²) in [5.41, 5.74) is 0.370. The molecule has 0 fully saturated rings. The third kappa shape index (κ3) is 4.50. The topological polar surface area (TPSA) is 24.1 Å². The van der Waals surface area contributed by atoms with Gasteiger partial charge in [-0.3, -0.25) is 0 Å². The lowest BCUT2D eigenvalue weighted by molar-refractivity contribution is 0.512. The van der Waals surface area contributed by atoms with Crippen molar-refractivity contribution in [3.63, 3.8) is 0 Å². The fourth-order valence-electron chi connectivity index (χ4n) is 2.49. The number of thiophene rings is 1. The van der Waals surface area contributed by atoms with Gasteiger partial charge in [-0.25, -0.2) is 13.2 Å². The van der Waals surface area contributed by atoms with E-state index in [2.05, 4.69) is 10.6 Å². The van der Waals surface area contributed by atoms with E-state index in [1.807, 2.05) is 41.6 Å². The smallest absolute Gasteiger partial charge is 0.184 e. The lowest BCUT2D eigenvalue weighted by Gasteiger charge is -2.15. The maximum atomic E-state index is 14.3. The molecule has 3 rings (SSSR count). The van der Waals surface area contributed by atoms with E-state index >= 15 is 0 Å². The van der Waals surface area contributed by atoms with Gasteiger partial charge in [0.15, 0.2) is 11.6 Å². The molecular formula is C19H16F3IN2S. The van der Waals surface area contributed by atoms with Crippen LogP contribution in [-0.4, -0.2) is 6.54 Å². The molecule has 0 saturated carbocycles. The molecule has 2 aromatic carbocycles. The first-order valence-electron chi connectivity index (χ1n) is 7.93. The van der Waals surface area contributed by atoms with E-state index < -0.39 is 17.5 Å². The SMILES string of the molecule is Cc1ccc(CCNc2ccc(F)c(F)c2Nc2ccc(I)cc2F)s1. The molecule has 2 N–H and O–H groups in total. The molecule has 0 aliphatic carbocycles. The summed E-state index contributed by atoms with van der Waals surface area (Å²) in [7, 11) is 0. The summed E-state index contributed by atoms with van der Waals surface area (Å²) >= 11 is 3.68. The largest absolute Gasteiger partial charge is 0.383 e. The van der Waals surface area contributed by atoms with Gasteiger partial charge in [-0.2, -0.15) is 0 Å². The van der Waals surface area contributed by atoms with E-state index in [1.54, 1.807) is 17.4 Å². The fraction of sp³-hybridized carbons (Fsp3) is 0.158. The first kappa shape index (κ1) is 19.0. The normalized spacial score (nSPS) is 10.8. The second-order valence-electron chi connectivity index (χ2n) is 5.72. The Morgan fingerprint density at radius 2 is 1.73 bits per heavy atom. The monoisotopic (exact) mass is 488 g/mol. The molecule has 0 spiro atoms. The van der Waals surface area contributed by atoms with Gasteiger partial charge in [-0.15, -0.1) is 11.3 Å². The maximum Gasteiger partial charge on any atom is 0.184 e. The number of rotatable bonds is 6. The van der Waals surface area contributed by atoms with Crippen molar-refractivity contribution < 1.29 is 13.2 Å². The highest BCUT2D eigenvalue weighted by Crippen LogP contribution is 2.32. The summed E-state index contributed by atoms with van der Waals surface area (Å²) < 4.78 is 42.8. The predicted octanol–water partition coefficient (Wildman–Crippen LogP) is 6.48. The van der Waals surface area contributed by atoms with Crippen molar-refractivity contribution in [1.82, 2.24) is 0 Å². The number of aryl methyl sites for hydroxylation is 1. The van der Waals surface area contributed by atoms with E-state index in [-0.39, 0.29) is 11.4 Å². The minimum atomic E-state index is -1.04. The zero-order valence-electron chi connectivity index (χ0n) is 13.9. The first-order valence-corrected chi connectivity index (χ1v) is 9.83. The fourth-order valence-corrected chi connectivity index (χ4v) is 3.83. The van der Waals surface area contributed by atoms with E-state index in [1.165, 1.54) is 28.0 Å². The Morgan fingerprint density at radius 1 is 0.962 bits per heavy atom. The quantitative estimate of drug-likeness (QED) is 0.389. The van der Waals surface area contributed by atoms with Crippen LogP contribution in [-0.2, 0) is 6.42 Å². The van der Waals surface area contributed by atoms with Crippen LogP contribution in [0.5, 0.6) is 0 Å². The Hall–Kier alpha value is -1.74. The summed E-state index contributed by atoms with van der Waals surface area (Å²) in [6.07, 6.45) is 0.759. The lowest BCUT2D eigenvalue weighted by atomic mass is 10.2. The molecule has 0 amide bonds. The zero-order valence-corrected chi connectivity index (χ0v) is 16.8. The third-order valence-corrected chi connectivity index (χ3v) is 5.50. The Morgan fingerprint density at radius 3 is 2.42 bits per heavy atom. The van der Waals surface area contributed by atoms with Crippen LogP contribution in [0.4, 0.5) is 30.2 Å². The third-order valence-electron chi connectivity index (χ3n) is 3.77. The second kappa shape index (κ2) is 8.30. The van der Waals surface area contributed by atoms with Crippen molar-refractivity contribution in [3.05, 3.63) is 73.2 Å². The van der Waals surface area contributed by atoms with Crippen LogP contribution >= 0.6 is 33.9 Å². The summed E-state index contributed by atoms with van der Waals surface area (Å²) in [6.45, 7) is 2.59. The number of benzene rings is 2. The summed E-state index contributed by atoms with van der Waals surface area (Å²) in [5, 5.41) is 5.78. The van der Waals surface area contributed by atoms with Crippen LogP contribution in [0, 0.1) is 27.9 Å². The molecule has 0 unspecified atom stereocenters. The Labute approximate surface area is 167 Å². The van der Waals surface area contributed by atoms with Gasteiger partial charge in [0.2, 0.25) is 0 Å². The Balaban J connectivity index is 1.80. The van der Waals surface area contributed by atoms with Gasteiger partial charge in [0.1, 0.15) is 11.5 Å². The molecule has 7 heteroatoms. The molecule has 0 aliphatic heterocycles. The van der Waals surface area contributed by atoms with Gasteiger partial charge in [0.05, 0.1) is 11.4 Å². The average Bonchev–Trinajstić information content (AvgIpc) is 3.01. The molecule has 0 atom stereocenters. The predicted molar refractivity (Wildman–Crippen MR) is 110 cm³/mol.